The Hall–Kier alpha value is -2.28. The molecular weight excluding hydrogens is 278 g/mol. The van der Waals surface area contributed by atoms with Crippen molar-refractivity contribution in [2.24, 2.45) is 10.1 Å². The van der Waals surface area contributed by atoms with Crippen molar-refractivity contribution < 1.29 is 17.3 Å². The Labute approximate surface area is 116 Å². The quantitative estimate of drug-likeness (QED) is 0.617. The fourth-order valence-electron chi connectivity index (χ4n) is 1.86. The zero-order valence-electron chi connectivity index (χ0n) is 10.7. The summed E-state index contributed by atoms with van der Waals surface area (Å²) in [6, 6.07) is 6.48. The van der Waals surface area contributed by atoms with E-state index in [1.54, 1.807) is 24.6 Å². The normalized spacial score (nSPS) is 20.4. The molecule has 0 bridgehead atoms. The smallest absolute Gasteiger partial charge is 0.339 e. The summed E-state index contributed by atoms with van der Waals surface area (Å²) in [4.78, 5) is 4.22. The lowest BCUT2D eigenvalue weighted by molar-refractivity contribution is -0.555. The highest BCUT2D eigenvalue weighted by Gasteiger charge is 2.35. The van der Waals surface area contributed by atoms with E-state index < -0.39 is 16.3 Å². The summed E-state index contributed by atoms with van der Waals surface area (Å²) in [5, 5.41) is 4.03. The van der Waals surface area contributed by atoms with Gasteiger partial charge in [-0.2, -0.15) is 8.42 Å². The standard InChI is InChI=1S/C13H12N3O3S/c1-10-2-4-11(5-3-10)20(17,18)19-12-6-7-15-16-9-8-14-13(12)16/h2-9,13H,1H3/q+1. The summed E-state index contributed by atoms with van der Waals surface area (Å²) < 4.78 is 31.1. The molecule has 0 saturated heterocycles. The molecule has 20 heavy (non-hydrogen) atoms. The van der Waals surface area contributed by atoms with Gasteiger partial charge in [0, 0.05) is 6.08 Å². The molecule has 0 N–H and O–H groups in total. The van der Waals surface area contributed by atoms with Crippen molar-refractivity contribution in [3.63, 3.8) is 0 Å². The van der Waals surface area contributed by atoms with E-state index in [0.29, 0.717) is 0 Å². The Morgan fingerprint density at radius 2 is 1.95 bits per heavy atom. The molecule has 2 aliphatic rings. The first kappa shape index (κ1) is 12.7. The first-order valence-corrected chi connectivity index (χ1v) is 7.37. The van der Waals surface area contributed by atoms with Crippen LogP contribution in [0.1, 0.15) is 5.56 Å². The van der Waals surface area contributed by atoms with E-state index in [0.717, 1.165) is 5.56 Å². The third kappa shape index (κ3) is 2.27. The highest BCUT2D eigenvalue weighted by Crippen LogP contribution is 2.22. The van der Waals surface area contributed by atoms with E-state index >= 15 is 0 Å². The molecule has 1 aromatic carbocycles. The first-order valence-electron chi connectivity index (χ1n) is 5.96. The van der Waals surface area contributed by atoms with Crippen LogP contribution in [0.2, 0.25) is 0 Å². The third-order valence-corrected chi connectivity index (χ3v) is 4.17. The Kier molecular flexibility index (Phi) is 2.98. The SMILES string of the molecule is Cc1ccc(S(=O)(=O)OC2=CC=N[N+]3=CC=NC23)cc1. The second-order valence-corrected chi connectivity index (χ2v) is 5.93. The van der Waals surface area contributed by atoms with Crippen molar-refractivity contribution >= 4 is 28.8 Å². The predicted octanol–water partition coefficient (Wildman–Crippen LogP) is 1.08. The number of hydrogen-bond donors (Lipinski definition) is 0. The van der Waals surface area contributed by atoms with E-state index in [9.17, 15) is 8.42 Å². The minimum absolute atomic E-state index is 0.115. The van der Waals surface area contributed by atoms with Crippen LogP contribution in [0, 0.1) is 6.92 Å². The topological polar surface area (TPSA) is 71.1 Å². The van der Waals surface area contributed by atoms with Gasteiger partial charge in [0.25, 0.3) is 0 Å². The molecule has 7 heteroatoms. The van der Waals surface area contributed by atoms with Crippen molar-refractivity contribution in [1.82, 2.24) is 0 Å². The zero-order chi connectivity index (χ0) is 14.2. The van der Waals surface area contributed by atoms with Crippen molar-refractivity contribution in [2.75, 3.05) is 0 Å². The zero-order valence-corrected chi connectivity index (χ0v) is 11.5. The number of fused-ring (bicyclic) bond motifs is 1. The van der Waals surface area contributed by atoms with Gasteiger partial charge in [-0.1, -0.05) is 22.4 Å². The van der Waals surface area contributed by atoms with Gasteiger partial charge in [0.05, 0.1) is 12.4 Å². The Morgan fingerprint density at radius 3 is 2.70 bits per heavy atom. The number of allylic oxidation sites excluding steroid dienone is 1. The van der Waals surface area contributed by atoms with Crippen molar-refractivity contribution in [2.45, 2.75) is 18.0 Å². The molecule has 3 rings (SSSR count). The number of benzene rings is 1. The molecule has 6 nitrogen and oxygen atoms in total. The van der Waals surface area contributed by atoms with Crippen LogP contribution in [-0.2, 0) is 14.3 Å². The maximum absolute atomic E-state index is 12.2. The van der Waals surface area contributed by atoms with Gasteiger partial charge < -0.3 is 4.18 Å². The lowest BCUT2D eigenvalue weighted by atomic mass is 10.2. The van der Waals surface area contributed by atoms with Crippen LogP contribution in [0.5, 0.6) is 0 Å². The lowest BCUT2D eigenvalue weighted by Gasteiger charge is -2.12. The number of hydrazone groups is 1. The fourth-order valence-corrected chi connectivity index (χ4v) is 2.82. The van der Waals surface area contributed by atoms with E-state index in [4.69, 9.17) is 4.18 Å². The van der Waals surface area contributed by atoms with Gasteiger partial charge in [-0.3, -0.25) is 0 Å². The van der Waals surface area contributed by atoms with Gasteiger partial charge in [-0.25, -0.2) is 4.99 Å². The highest BCUT2D eigenvalue weighted by atomic mass is 32.2. The minimum Gasteiger partial charge on any atom is -0.374 e. The minimum atomic E-state index is -3.86. The summed E-state index contributed by atoms with van der Waals surface area (Å²) in [7, 11) is -3.86. The maximum atomic E-state index is 12.2. The van der Waals surface area contributed by atoms with E-state index in [2.05, 4.69) is 10.1 Å². The van der Waals surface area contributed by atoms with Gasteiger partial charge in [-0.05, 0) is 24.2 Å². The van der Waals surface area contributed by atoms with Crippen molar-refractivity contribution in [3.8, 4) is 0 Å². The van der Waals surface area contributed by atoms with Crippen LogP contribution < -0.4 is 0 Å². The summed E-state index contributed by atoms with van der Waals surface area (Å²) >= 11 is 0. The van der Waals surface area contributed by atoms with E-state index in [-0.39, 0.29) is 10.7 Å². The molecule has 0 aliphatic carbocycles. The highest BCUT2D eigenvalue weighted by molar-refractivity contribution is 7.86. The molecule has 0 spiro atoms. The molecule has 102 valence electrons. The summed E-state index contributed by atoms with van der Waals surface area (Å²) in [6.45, 7) is 1.89. The Balaban J connectivity index is 1.89. The van der Waals surface area contributed by atoms with E-state index in [1.807, 2.05) is 6.92 Å². The van der Waals surface area contributed by atoms with Crippen molar-refractivity contribution in [1.29, 1.82) is 0 Å². The monoisotopic (exact) mass is 290 g/mol. The van der Waals surface area contributed by atoms with Crippen LogP contribution >= 0.6 is 0 Å². The summed E-state index contributed by atoms with van der Waals surface area (Å²) in [5.41, 5.74) is 0.981. The second kappa shape index (κ2) is 4.68. The fraction of sp³-hybridized carbons (Fsp3) is 0.154. The largest absolute Gasteiger partial charge is 0.374 e. The molecule has 1 unspecified atom stereocenters. The number of hydrogen-bond acceptors (Lipinski definition) is 5. The summed E-state index contributed by atoms with van der Waals surface area (Å²) in [5.74, 6) is 0.227. The number of aliphatic imine (C=N–C) groups is 1. The number of rotatable bonds is 3. The van der Waals surface area contributed by atoms with Gasteiger partial charge in [0.2, 0.25) is 12.0 Å². The van der Waals surface area contributed by atoms with Gasteiger partial charge >= 0.3 is 16.3 Å². The molecule has 0 aromatic heterocycles. The van der Waals surface area contributed by atoms with Crippen LogP contribution in [0.15, 0.2) is 51.1 Å². The molecule has 2 heterocycles. The average Bonchev–Trinajstić information content (AvgIpc) is 2.88. The molecule has 2 aliphatic heterocycles. The van der Waals surface area contributed by atoms with Crippen LogP contribution in [0.4, 0.5) is 0 Å². The lowest BCUT2D eigenvalue weighted by Crippen LogP contribution is -2.25. The van der Waals surface area contributed by atoms with Gasteiger partial charge in [0.1, 0.15) is 4.90 Å². The van der Waals surface area contributed by atoms with Gasteiger partial charge in [-0.15, -0.1) is 0 Å². The van der Waals surface area contributed by atoms with Gasteiger partial charge in [0.15, 0.2) is 0 Å². The molecular formula is C13H12N3O3S+. The molecule has 1 atom stereocenters. The third-order valence-electron chi connectivity index (χ3n) is 2.91. The predicted molar refractivity (Wildman–Crippen MR) is 74.6 cm³/mol. The summed E-state index contributed by atoms with van der Waals surface area (Å²) in [6.07, 6.45) is 5.64. The van der Waals surface area contributed by atoms with Crippen molar-refractivity contribution in [3.05, 3.63) is 41.7 Å². The molecule has 0 amide bonds. The number of nitrogens with zero attached hydrogens (tertiary/aromatic N) is 3. The van der Waals surface area contributed by atoms with Crippen LogP contribution in [0.25, 0.3) is 0 Å². The molecule has 0 radical (unpaired) electrons. The Bertz CT molecular complexity index is 759. The average molecular weight is 290 g/mol. The second-order valence-electron chi connectivity index (χ2n) is 4.38. The van der Waals surface area contributed by atoms with Crippen LogP contribution in [-0.4, -0.2) is 37.9 Å². The molecule has 0 saturated carbocycles. The van der Waals surface area contributed by atoms with E-state index in [1.165, 1.54) is 29.1 Å². The number of aryl methyl sites for hydroxylation is 1. The molecule has 0 fully saturated rings. The van der Waals surface area contributed by atoms with Crippen LogP contribution in [0.3, 0.4) is 0 Å². The first-order chi connectivity index (χ1) is 9.56. The maximum Gasteiger partial charge on any atom is 0.339 e. The Morgan fingerprint density at radius 1 is 1.20 bits per heavy atom. The molecule has 1 aromatic rings.